The summed E-state index contributed by atoms with van der Waals surface area (Å²) in [6.45, 7) is 2.45. The maximum atomic E-state index is 4.87. The summed E-state index contributed by atoms with van der Waals surface area (Å²) in [6, 6.07) is 0. The van der Waals surface area contributed by atoms with Crippen LogP contribution >= 0.6 is 0 Å². The highest BCUT2D eigenvalue weighted by molar-refractivity contribution is 5.19. The van der Waals surface area contributed by atoms with Crippen molar-refractivity contribution in [1.82, 2.24) is 0 Å². The van der Waals surface area contributed by atoms with E-state index in [-0.39, 0.29) is 5.60 Å². The van der Waals surface area contributed by atoms with Crippen LogP contribution in [0.4, 0.5) is 0 Å². The summed E-state index contributed by atoms with van der Waals surface area (Å²) in [5.74, 6) is 2.83. The third-order valence-electron chi connectivity index (χ3n) is 1.01. The maximum absolute atomic E-state index is 4.87. The molecule has 0 saturated heterocycles. The summed E-state index contributed by atoms with van der Waals surface area (Å²) in [7, 11) is 1.63. The molecule has 1 rings (SSSR count). The Morgan fingerprint density at radius 3 is 2.50 bits per heavy atom. The van der Waals surface area contributed by atoms with Gasteiger partial charge in [-0.3, -0.25) is 0 Å². The van der Waals surface area contributed by atoms with Gasteiger partial charge >= 0.3 is 0 Å². The quantitative estimate of drug-likeness (QED) is 0.481. The number of rotatable bonds is 2. The molecule has 44 valence electrons. The van der Waals surface area contributed by atoms with Crippen molar-refractivity contribution in [2.24, 2.45) is 0 Å². The summed E-state index contributed by atoms with van der Waals surface area (Å²) in [5.41, 5.74) is -0.311. The first-order valence-corrected chi connectivity index (χ1v) is 2.46. The van der Waals surface area contributed by atoms with Gasteiger partial charge in [-0.1, -0.05) is 0 Å². The lowest BCUT2D eigenvalue weighted by Crippen LogP contribution is -2.35. The molecule has 0 spiro atoms. The SMILES string of the molecule is COCC1(C)C#CO1. The van der Waals surface area contributed by atoms with Crippen molar-refractivity contribution in [2.45, 2.75) is 12.5 Å². The average molecular weight is 112 g/mol. The predicted octanol–water partition coefficient (Wildman–Crippen LogP) is 0.383. The third kappa shape index (κ3) is 0.775. The van der Waals surface area contributed by atoms with Crippen LogP contribution in [0.15, 0.2) is 0 Å². The van der Waals surface area contributed by atoms with Crippen LogP contribution < -0.4 is 0 Å². The highest BCUT2D eigenvalue weighted by atomic mass is 16.5. The minimum atomic E-state index is -0.311. The van der Waals surface area contributed by atoms with Crippen LogP contribution in [0.2, 0.25) is 0 Å². The molecule has 0 N–H and O–H groups in total. The van der Waals surface area contributed by atoms with Crippen LogP contribution in [0.5, 0.6) is 0 Å². The van der Waals surface area contributed by atoms with Gasteiger partial charge in [-0.25, -0.2) is 0 Å². The van der Waals surface area contributed by atoms with E-state index in [0.717, 1.165) is 0 Å². The molecule has 0 saturated carbocycles. The highest BCUT2D eigenvalue weighted by Crippen LogP contribution is 2.14. The fraction of sp³-hybridized carbons (Fsp3) is 0.667. The number of methoxy groups -OCH3 is 1. The van der Waals surface area contributed by atoms with E-state index in [9.17, 15) is 0 Å². The molecule has 2 heteroatoms. The van der Waals surface area contributed by atoms with E-state index in [1.54, 1.807) is 7.11 Å². The molecule has 0 aromatic rings. The van der Waals surface area contributed by atoms with Gasteiger partial charge < -0.3 is 9.47 Å². The first-order valence-electron chi connectivity index (χ1n) is 2.46. The molecule has 8 heavy (non-hydrogen) atoms. The molecule has 1 aliphatic heterocycles. The lowest BCUT2D eigenvalue weighted by atomic mass is 10.1. The van der Waals surface area contributed by atoms with Gasteiger partial charge in [0.15, 0.2) is 0 Å². The van der Waals surface area contributed by atoms with Crippen LogP contribution in [0.3, 0.4) is 0 Å². The highest BCUT2D eigenvalue weighted by Gasteiger charge is 2.27. The molecular weight excluding hydrogens is 104 g/mol. The Kier molecular flexibility index (Phi) is 1.15. The number of ether oxygens (including phenoxy) is 2. The van der Waals surface area contributed by atoms with Gasteiger partial charge in [0.1, 0.15) is 6.11 Å². The van der Waals surface area contributed by atoms with Gasteiger partial charge in [0, 0.05) is 7.11 Å². The Morgan fingerprint density at radius 2 is 2.38 bits per heavy atom. The summed E-state index contributed by atoms with van der Waals surface area (Å²) in [4.78, 5) is 0. The lowest BCUT2D eigenvalue weighted by molar-refractivity contribution is 0.00600. The van der Waals surface area contributed by atoms with E-state index in [0.29, 0.717) is 6.61 Å². The molecule has 0 amide bonds. The first-order chi connectivity index (χ1) is 3.77. The topological polar surface area (TPSA) is 18.5 Å². The van der Waals surface area contributed by atoms with Gasteiger partial charge in [-0.15, -0.1) is 0 Å². The Balaban J connectivity index is 2.37. The van der Waals surface area contributed by atoms with Gasteiger partial charge in [0.05, 0.1) is 6.61 Å². The zero-order valence-electron chi connectivity index (χ0n) is 5.02. The van der Waals surface area contributed by atoms with E-state index in [1.807, 2.05) is 6.92 Å². The molecule has 0 fully saturated rings. The van der Waals surface area contributed by atoms with Crippen molar-refractivity contribution in [2.75, 3.05) is 13.7 Å². The third-order valence-corrected chi connectivity index (χ3v) is 1.01. The lowest BCUT2D eigenvalue weighted by Gasteiger charge is -2.24. The van der Waals surface area contributed by atoms with Crippen molar-refractivity contribution < 1.29 is 9.47 Å². The van der Waals surface area contributed by atoms with Crippen LogP contribution in [0.1, 0.15) is 6.92 Å². The van der Waals surface area contributed by atoms with Crippen molar-refractivity contribution in [1.29, 1.82) is 0 Å². The van der Waals surface area contributed by atoms with Gasteiger partial charge in [-0.05, 0) is 12.8 Å². The van der Waals surface area contributed by atoms with E-state index in [1.165, 1.54) is 0 Å². The zero-order chi connectivity index (χ0) is 6.04. The molecule has 1 unspecified atom stereocenters. The van der Waals surface area contributed by atoms with Gasteiger partial charge in [0.2, 0.25) is 5.60 Å². The molecule has 0 aliphatic carbocycles. The molecule has 0 aromatic heterocycles. The van der Waals surface area contributed by atoms with Crippen molar-refractivity contribution in [3.8, 4) is 12.0 Å². The second-order valence-corrected chi connectivity index (χ2v) is 1.99. The minimum Gasteiger partial charge on any atom is -0.424 e. The Hall–Kier alpha value is -0.680. The first kappa shape index (κ1) is 5.46. The van der Waals surface area contributed by atoms with E-state index < -0.39 is 0 Å². The Labute approximate surface area is 48.8 Å². The fourth-order valence-corrected chi connectivity index (χ4v) is 0.566. The monoisotopic (exact) mass is 112 g/mol. The van der Waals surface area contributed by atoms with Crippen LogP contribution in [-0.4, -0.2) is 19.3 Å². The van der Waals surface area contributed by atoms with E-state index in [4.69, 9.17) is 9.47 Å². The van der Waals surface area contributed by atoms with Gasteiger partial charge in [-0.2, -0.15) is 0 Å². The van der Waals surface area contributed by atoms with Crippen molar-refractivity contribution in [3.63, 3.8) is 0 Å². The van der Waals surface area contributed by atoms with Crippen molar-refractivity contribution in [3.05, 3.63) is 0 Å². The number of hydrogen-bond acceptors (Lipinski definition) is 2. The zero-order valence-corrected chi connectivity index (χ0v) is 5.02. The Bertz CT molecular complexity index is 142. The average Bonchev–Trinajstić information content (AvgIpc) is 1.64. The summed E-state index contributed by atoms with van der Waals surface area (Å²) < 4.78 is 9.69. The molecule has 0 aromatic carbocycles. The second-order valence-electron chi connectivity index (χ2n) is 1.99. The fourth-order valence-electron chi connectivity index (χ4n) is 0.566. The van der Waals surface area contributed by atoms with E-state index >= 15 is 0 Å². The maximum Gasteiger partial charge on any atom is 0.204 e. The van der Waals surface area contributed by atoms with Crippen LogP contribution in [-0.2, 0) is 9.47 Å². The largest absolute Gasteiger partial charge is 0.424 e. The van der Waals surface area contributed by atoms with Crippen LogP contribution in [0, 0.1) is 12.0 Å². The second kappa shape index (κ2) is 1.68. The molecule has 1 heterocycles. The van der Waals surface area contributed by atoms with E-state index in [2.05, 4.69) is 12.0 Å². The molecule has 2 nitrogen and oxygen atoms in total. The molecule has 0 radical (unpaired) electrons. The normalized spacial score (nSPS) is 31.8. The molecule has 1 atom stereocenters. The van der Waals surface area contributed by atoms with Gasteiger partial charge in [0.25, 0.3) is 0 Å². The standard InChI is InChI=1S/C6H8O2/c1-6(5-7-2)3-4-8-6/h5H2,1-2H3. The molecule has 1 aliphatic rings. The summed E-state index contributed by atoms with van der Waals surface area (Å²) >= 11 is 0. The molecule has 0 bridgehead atoms. The minimum absolute atomic E-state index is 0.311. The van der Waals surface area contributed by atoms with Crippen LogP contribution in [0.25, 0.3) is 0 Å². The summed E-state index contributed by atoms with van der Waals surface area (Å²) in [6.07, 6.45) is 2.46. The Morgan fingerprint density at radius 1 is 1.75 bits per heavy atom. The summed E-state index contributed by atoms with van der Waals surface area (Å²) in [5, 5.41) is 0. The van der Waals surface area contributed by atoms with Crippen molar-refractivity contribution >= 4 is 0 Å². The smallest absolute Gasteiger partial charge is 0.204 e. The molecular formula is C6H8O2. The predicted molar refractivity (Wildman–Crippen MR) is 29.1 cm³/mol. The number of hydrogen-bond donors (Lipinski definition) is 0.